The van der Waals surface area contributed by atoms with Crippen LogP contribution in [-0.4, -0.2) is 44.6 Å². The van der Waals surface area contributed by atoms with Crippen molar-refractivity contribution in [3.63, 3.8) is 0 Å². The second kappa shape index (κ2) is 7.84. The number of nitrogens with one attached hydrogen (secondary N) is 1. The fourth-order valence-corrected chi connectivity index (χ4v) is 2.99. The first-order valence-corrected chi connectivity index (χ1v) is 7.94. The molecule has 0 aromatic rings. The molecule has 0 aromatic carbocycles. The van der Waals surface area contributed by atoms with Crippen molar-refractivity contribution in [3.8, 4) is 0 Å². The number of hydrogen-bond acceptors (Lipinski definition) is 5. The van der Waals surface area contributed by atoms with Gasteiger partial charge in [-0.1, -0.05) is 0 Å². The van der Waals surface area contributed by atoms with E-state index < -0.39 is 22.0 Å². The average molecular weight is 320 g/mol. The number of sulfonamides is 1. The van der Waals surface area contributed by atoms with Gasteiger partial charge in [0.2, 0.25) is 5.09 Å². The third kappa shape index (κ3) is 6.00. The van der Waals surface area contributed by atoms with E-state index in [0.29, 0.717) is 19.4 Å². The van der Waals surface area contributed by atoms with E-state index in [4.69, 9.17) is 21.3 Å². The summed E-state index contributed by atoms with van der Waals surface area (Å²) >= 11 is 0. The van der Waals surface area contributed by atoms with Crippen LogP contribution in [0.4, 0.5) is 0 Å². The van der Waals surface area contributed by atoms with Gasteiger partial charge in [0.1, 0.15) is 6.04 Å². The van der Waals surface area contributed by atoms with E-state index in [9.17, 15) is 13.2 Å². The Labute approximate surface area is 123 Å². The third-order valence-corrected chi connectivity index (χ3v) is 4.12. The first-order chi connectivity index (χ1) is 9.83. The molecule has 0 radical (unpaired) electrons. The van der Waals surface area contributed by atoms with Gasteiger partial charge in [0.15, 0.2) is 5.96 Å². The van der Waals surface area contributed by atoms with Crippen LogP contribution in [0.2, 0.25) is 0 Å². The minimum Gasteiger partial charge on any atom is -0.482 e. The van der Waals surface area contributed by atoms with Gasteiger partial charge in [-0.2, -0.15) is 4.72 Å². The zero-order chi connectivity index (χ0) is 15.9. The van der Waals surface area contributed by atoms with E-state index in [1.807, 2.05) is 0 Å². The van der Waals surface area contributed by atoms with Crippen LogP contribution < -0.4 is 16.2 Å². The van der Waals surface area contributed by atoms with Crippen LogP contribution in [0.25, 0.3) is 0 Å². The van der Waals surface area contributed by atoms with E-state index >= 15 is 0 Å². The molecule has 0 fully saturated rings. The highest BCUT2D eigenvalue weighted by molar-refractivity contribution is 7.93. The maximum absolute atomic E-state index is 12.0. The molecule has 10 heteroatoms. The van der Waals surface area contributed by atoms with Gasteiger partial charge in [-0.05, 0) is 31.8 Å². The molecule has 21 heavy (non-hydrogen) atoms. The van der Waals surface area contributed by atoms with Gasteiger partial charge in [-0.25, -0.2) is 8.42 Å². The second-order valence-corrected chi connectivity index (χ2v) is 6.12. The van der Waals surface area contributed by atoms with Gasteiger partial charge in [0.05, 0.1) is 6.61 Å². The molecule has 1 aliphatic heterocycles. The Morgan fingerprint density at radius 2 is 2.24 bits per heavy atom. The molecule has 1 rings (SSSR count). The lowest BCUT2D eigenvalue weighted by Crippen LogP contribution is -2.41. The number of carboxylic acids is 1. The zero-order valence-corrected chi connectivity index (χ0v) is 12.3. The van der Waals surface area contributed by atoms with Crippen molar-refractivity contribution in [1.82, 2.24) is 4.72 Å². The minimum absolute atomic E-state index is 0.0681. The average Bonchev–Trinajstić information content (AvgIpc) is 2.42. The van der Waals surface area contributed by atoms with Crippen LogP contribution in [0, 0.1) is 0 Å². The molecule has 0 spiro atoms. The number of guanidine groups is 1. The monoisotopic (exact) mass is 320 g/mol. The van der Waals surface area contributed by atoms with Gasteiger partial charge in [-0.3, -0.25) is 9.79 Å². The maximum Gasteiger partial charge on any atom is 0.321 e. The zero-order valence-electron chi connectivity index (χ0n) is 11.5. The van der Waals surface area contributed by atoms with Crippen molar-refractivity contribution >= 4 is 22.0 Å². The summed E-state index contributed by atoms with van der Waals surface area (Å²) in [5, 5.41) is 8.85. The lowest BCUT2D eigenvalue weighted by molar-refractivity contribution is -0.139. The molecule has 6 N–H and O–H groups in total. The summed E-state index contributed by atoms with van der Waals surface area (Å²) in [6, 6.07) is -1.25. The number of rotatable bonds is 8. The van der Waals surface area contributed by atoms with Gasteiger partial charge < -0.3 is 21.3 Å². The van der Waals surface area contributed by atoms with E-state index in [0.717, 1.165) is 6.42 Å². The molecule has 1 heterocycles. The molecule has 120 valence electrons. The summed E-state index contributed by atoms with van der Waals surface area (Å²) in [6.45, 7) is 0.530. The number of nitrogens with zero attached hydrogens (tertiary/aromatic N) is 1. The fourth-order valence-electron chi connectivity index (χ4n) is 1.70. The highest BCUT2D eigenvalue weighted by Gasteiger charge is 2.28. The molecule has 0 bridgehead atoms. The van der Waals surface area contributed by atoms with Crippen molar-refractivity contribution in [3.05, 3.63) is 11.2 Å². The quantitative estimate of drug-likeness (QED) is 0.255. The molecule has 0 saturated carbocycles. The fraction of sp³-hybridized carbons (Fsp3) is 0.636. The van der Waals surface area contributed by atoms with Crippen LogP contribution in [0.3, 0.4) is 0 Å². The van der Waals surface area contributed by atoms with E-state index in [2.05, 4.69) is 9.71 Å². The summed E-state index contributed by atoms with van der Waals surface area (Å²) < 4.78 is 31.2. The predicted molar refractivity (Wildman–Crippen MR) is 76.7 cm³/mol. The van der Waals surface area contributed by atoms with Crippen molar-refractivity contribution in [2.75, 3.05) is 13.2 Å². The predicted octanol–water partition coefficient (Wildman–Crippen LogP) is -0.936. The first-order valence-electron chi connectivity index (χ1n) is 6.46. The van der Waals surface area contributed by atoms with Gasteiger partial charge in [0, 0.05) is 6.54 Å². The van der Waals surface area contributed by atoms with Gasteiger partial charge in [-0.15, -0.1) is 0 Å². The number of ether oxygens (including phenoxy) is 1. The Hall–Kier alpha value is -1.81. The molecule has 0 aliphatic carbocycles. The Morgan fingerprint density at radius 1 is 1.52 bits per heavy atom. The summed E-state index contributed by atoms with van der Waals surface area (Å²) in [5.74, 6) is -1.36. The minimum atomic E-state index is -3.96. The van der Waals surface area contributed by atoms with Crippen molar-refractivity contribution < 1.29 is 23.1 Å². The molecule has 1 unspecified atom stereocenters. The number of allylic oxidation sites excluding steroid dienone is 1. The molecular weight excluding hydrogens is 300 g/mol. The topological polar surface area (TPSA) is 157 Å². The lowest BCUT2D eigenvalue weighted by Gasteiger charge is -2.18. The summed E-state index contributed by atoms with van der Waals surface area (Å²) in [6.07, 6.45) is 3.15. The standard InChI is InChI=1S/C11H20N4O5S/c12-11(13)14-6-3-4-8(10(16)17)15-21(18,19)9-5-1-2-7-20-9/h5,8,15H,1-4,6-7H2,(H,16,17)(H4,12,13,14). The normalized spacial score (nSPS) is 16.5. The second-order valence-electron chi connectivity index (χ2n) is 4.47. The van der Waals surface area contributed by atoms with Gasteiger partial charge in [0.25, 0.3) is 10.0 Å². The van der Waals surface area contributed by atoms with E-state index in [-0.39, 0.29) is 24.0 Å². The van der Waals surface area contributed by atoms with Crippen LogP contribution in [0.1, 0.15) is 25.7 Å². The number of nitrogens with two attached hydrogens (primary N) is 2. The van der Waals surface area contributed by atoms with Crippen LogP contribution in [0.5, 0.6) is 0 Å². The molecule has 9 nitrogen and oxygen atoms in total. The van der Waals surface area contributed by atoms with Crippen LogP contribution >= 0.6 is 0 Å². The highest BCUT2D eigenvalue weighted by Crippen LogP contribution is 2.16. The van der Waals surface area contributed by atoms with Crippen molar-refractivity contribution in [2.45, 2.75) is 31.7 Å². The molecule has 0 aromatic heterocycles. The largest absolute Gasteiger partial charge is 0.482 e. The Balaban J connectivity index is 2.63. The Bertz CT molecular complexity index is 525. The Kier molecular flexibility index (Phi) is 6.43. The third-order valence-electron chi connectivity index (χ3n) is 2.71. The summed E-state index contributed by atoms with van der Waals surface area (Å²) in [5.41, 5.74) is 10.3. The van der Waals surface area contributed by atoms with Crippen molar-refractivity contribution in [2.24, 2.45) is 16.5 Å². The molecular formula is C11H20N4O5S. The highest BCUT2D eigenvalue weighted by atomic mass is 32.2. The molecule has 1 atom stereocenters. The first kappa shape index (κ1) is 17.2. The molecule has 1 aliphatic rings. The van der Waals surface area contributed by atoms with Gasteiger partial charge >= 0.3 is 5.97 Å². The van der Waals surface area contributed by atoms with Crippen LogP contribution in [-0.2, 0) is 19.6 Å². The lowest BCUT2D eigenvalue weighted by atomic mass is 10.2. The number of aliphatic carboxylic acids is 1. The van der Waals surface area contributed by atoms with Crippen LogP contribution in [0.15, 0.2) is 16.2 Å². The smallest absolute Gasteiger partial charge is 0.321 e. The Morgan fingerprint density at radius 3 is 2.76 bits per heavy atom. The number of carboxylic acid groups (broad SMARTS) is 1. The number of hydrogen-bond donors (Lipinski definition) is 4. The molecule has 0 saturated heterocycles. The summed E-state index contributed by atoms with van der Waals surface area (Å²) in [4.78, 5) is 14.8. The number of carbonyl (C=O) groups is 1. The van der Waals surface area contributed by atoms with E-state index in [1.165, 1.54) is 6.08 Å². The number of aliphatic imine (C=N–C) groups is 1. The van der Waals surface area contributed by atoms with E-state index in [1.54, 1.807) is 0 Å². The SMILES string of the molecule is NC(N)=NCCCC(NS(=O)(=O)C1=CCCCO1)C(=O)O. The molecule has 0 amide bonds. The maximum atomic E-state index is 12.0. The van der Waals surface area contributed by atoms with Crippen molar-refractivity contribution in [1.29, 1.82) is 0 Å². The summed E-state index contributed by atoms with van der Waals surface area (Å²) in [7, 11) is -3.96.